The van der Waals surface area contributed by atoms with Gasteiger partial charge in [0.1, 0.15) is 81.6 Å². The SMILES string of the molecule is CO.COc1cc(Br)c(F)cc1-c1ncnc2cc(S(=O)(=O)Cc3ccsn3)ccc12.COc1cc(Br)c(F)cc1-c1ncnc2cc(S(=O)(=O)Oc3c(F)c(F)c(F)c(F)c3F)ccc12.COc1cc(Br)c(F)cc1-c1ncnc2cc(SCc3ccccc3)ccc12.COc1cc(Br)c(F)cc1O[B]O.Clc1ncnc2cc(SCc3ccccc3)ccc12. The summed E-state index contributed by atoms with van der Waals surface area (Å²) in [6.07, 6.45) is 5.35. The highest BCUT2D eigenvalue weighted by molar-refractivity contribution is 9.11. The topological polar surface area (TPSA) is 280 Å². The van der Waals surface area contributed by atoms with Crippen LogP contribution >= 0.6 is 110 Å². The summed E-state index contributed by atoms with van der Waals surface area (Å²) < 4.78 is 209. The van der Waals surface area contributed by atoms with Gasteiger partial charge in [0, 0.05) is 84.2 Å². The quantitative estimate of drug-likeness (QED) is 0.0129. The molecule has 0 amide bonds. The van der Waals surface area contributed by atoms with Gasteiger partial charge < -0.3 is 37.9 Å². The first-order valence-electron chi connectivity index (χ1n) is 35.8. The van der Waals surface area contributed by atoms with Crippen LogP contribution < -0.4 is 27.8 Å². The van der Waals surface area contributed by atoms with E-state index in [-0.39, 0.29) is 63.5 Å². The molecule has 16 rings (SSSR count). The van der Waals surface area contributed by atoms with E-state index in [4.69, 9.17) is 40.7 Å². The number of nitrogens with zero attached hydrogens (tertiary/aromatic N) is 9. The lowest BCUT2D eigenvalue weighted by molar-refractivity contribution is 0.346. The van der Waals surface area contributed by atoms with Gasteiger partial charge in [0.2, 0.25) is 34.8 Å². The Kier molecular flexibility index (Phi) is 33.7. The summed E-state index contributed by atoms with van der Waals surface area (Å²) in [5.74, 6) is -12.8. The second kappa shape index (κ2) is 44.2. The molecular weight excluding hydrogens is 2040 g/mol. The summed E-state index contributed by atoms with van der Waals surface area (Å²) in [5, 5.41) is 20.2. The van der Waals surface area contributed by atoms with Gasteiger partial charge in [0.25, 0.3) is 0 Å². The highest BCUT2D eigenvalue weighted by Gasteiger charge is 2.32. The Bertz CT molecular complexity index is 6860. The number of thioether (sulfide) groups is 2. The van der Waals surface area contributed by atoms with Crippen molar-refractivity contribution in [1.29, 1.82) is 0 Å². The van der Waals surface area contributed by atoms with Crippen molar-refractivity contribution in [2.45, 2.75) is 36.8 Å². The molecule has 5 heterocycles. The van der Waals surface area contributed by atoms with E-state index in [0.29, 0.717) is 73.7 Å². The van der Waals surface area contributed by atoms with E-state index in [2.05, 4.69) is 165 Å². The van der Waals surface area contributed by atoms with Gasteiger partial charge in [0.05, 0.1) is 102 Å². The molecule has 0 bridgehead atoms. The number of rotatable bonds is 21. The predicted molar refractivity (Wildman–Crippen MR) is 479 cm³/mol. The standard InChI is InChI=1S/C22H16BrFN2OS.C21H9BrF6N2O4S.C19H13BrFN3O3S2.C15H11ClN2S.C7H6BBrFO3.CH4O/c1-27-21-11-18(23)19(24)10-17(21)22-16-8-7-15(9-20(16)25-13-26-22)28-12-14-5-3-2-4-6-14;1-33-14-6-11(22)12(23)5-10(14)20-9-3-2-8(4-13(9)29-7-30-20)35(31,32)34-21-18(27)16(25)15(24)17(26)19(21)28;1-27-18-8-15(20)16(21)7-14(18)19-13-3-2-12(6-17(13)22-10-23-19)29(25,26)9-11-4-5-28-24-11;16-15-13-7-6-12(8-14(13)17-10-18-15)19-9-11-4-2-1-3-5-11;1-12-6-2-4(9)5(10)3-7(6)13-8-11;1-2/h2-11,13H,12H2,1H3;2-7H,1H3;2-8,10H,9H2,1H3;1-8,10H,9H2;2-3,11H,1H3;2H,1H3. The number of ether oxygens (including phenoxy) is 4. The van der Waals surface area contributed by atoms with Crippen LogP contribution in [0.5, 0.6) is 34.5 Å². The number of benzene rings is 11. The van der Waals surface area contributed by atoms with Gasteiger partial charge in [-0.3, -0.25) is 0 Å². The van der Waals surface area contributed by atoms with Crippen LogP contribution in [-0.2, 0) is 37.2 Å². The Morgan fingerprint density at radius 1 is 0.421 bits per heavy atom. The Morgan fingerprint density at radius 3 is 1.21 bits per heavy atom. The molecule has 21 nitrogen and oxygen atoms in total. The zero-order valence-corrected chi connectivity index (χ0v) is 76.5. The fraction of sp³-hybridized carbons (Fsp3) is 0.0941. The molecule has 0 aliphatic carbocycles. The largest absolute Gasteiger partial charge is 0.569 e. The van der Waals surface area contributed by atoms with Crippen molar-refractivity contribution in [2.24, 2.45) is 0 Å². The van der Waals surface area contributed by atoms with Crippen molar-refractivity contribution in [3.8, 4) is 68.3 Å². The Morgan fingerprint density at radius 2 is 0.794 bits per heavy atom. The fourth-order valence-electron chi connectivity index (χ4n) is 11.6. The lowest BCUT2D eigenvalue weighted by atomic mass is 10.1. The van der Waals surface area contributed by atoms with Gasteiger partial charge in [-0.15, -0.1) is 23.5 Å². The number of methoxy groups -OCH3 is 4. The molecular formula is C85H59BBr4ClF9N9O12S5. The van der Waals surface area contributed by atoms with Crippen LogP contribution in [0, 0.1) is 52.4 Å². The van der Waals surface area contributed by atoms with Crippen molar-refractivity contribution >= 4 is 182 Å². The summed E-state index contributed by atoms with van der Waals surface area (Å²) in [4.78, 5) is 35.3. The summed E-state index contributed by atoms with van der Waals surface area (Å²) in [7, 11) is -1.40. The van der Waals surface area contributed by atoms with Crippen LogP contribution in [0.1, 0.15) is 16.8 Å². The van der Waals surface area contributed by atoms with E-state index in [9.17, 15) is 56.3 Å². The number of halogens is 14. The first kappa shape index (κ1) is 96.0. The highest BCUT2D eigenvalue weighted by atomic mass is 79.9. The molecule has 0 fully saturated rings. The smallest absolute Gasteiger partial charge is 0.535 e. The Balaban J connectivity index is 0.000000157. The Labute approximate surface area is 765 Å². The van der Waals surface area contributed by atoms with Crippen LogP contribution in [0.15, 0.2) is 256 Å². The molecule has 0 spiro atoms. The number of aliphatic hydroxyl groups is 1. The number of aliphatic hydroxyl groups excluding tert-OH is 1. The van der Waals surface area contributed by atoms with Crippen LogP contribution in [0.3, 0.4) is 0 Å². The first-order valence-corrected chi connectivity index (χ1v) is 45.2. The third kappa shape index (κ3) is 23.4. The number of fused-ring (bicyclic) bond motifs is 4. The maximum atomic E-state index is 14.2. The van der Waals surface area contributed by atoms with Crippen molar-refractivity contribution in [1.82, 2.24) is 44.2 Å². The molecule has 126 heavy (non-hydrogen) atoms. The van der Waals surface area contributed by atoms with E-state index < -0.39 is 77.1 Å². The molecule has 0 saturated heterocycles. The number of hydrogen-bond donors (Lipinski definition) is 2. The molecule has 2 N–H and O–H groups in total. The number of sulfone groups is 1. The van der Waals surface area contributed by atoms with Gasteiger partial charge in [-0.2, -0.15) is 21.6 Å². The normalized spacial score (nSPS) is 11.0. The lowest BCUT2D eigenvalue weighted by Gasteiger charge is -2.13. The molecule has 16 aromatic rings. The van der Waals surface area contributed by atoms with Crippen LogP contribution in [-0.4, -0.2) is 114 Å². The number of hydrogen-bond acceptors (Lipinski definition) is 24. The van der Waals surface area contributed by atoms with E-state index >= 15 is 0 Å². The van der Waals surface area contributed by atoms with E-state index in [0.717, 1.165) is 75.9 Å². The lowest BCUT2D eigenvalue weighted by Crippen LogP contribution is -2.14. The molecule has 0 atom stereocenters. The highest BCUT2D eigenvalue weighted by Crippen LogP contribution is 2.43. The molecule has 5 aromatic heterocycles. The van der Waals surface area contributed by atoms with E-state index in [1.807, 2.05) is 48.5 Å². The summed E-state index contributed by atoms with van der Waals surface area (Å²) in [6.45, 7) is 0. The third-order valence-electron chi connectivity index (χ3n) is 17.6. The molecule has 647 valence electrons. The zero-order chi connectivity index (χ0) is 90.7. The Hall–Kier alpha value is -10.6. The fourth-order valence-corrected chi connectivity index (χ4v) is 17.8. The van der Waals surface area contributed by atoms with Crippen LogP contribution in [0.25, 0.3) is 77.4 Å². The second-order valence-corrected chi connectivity index (χ2v) is 35.4. The van der Waals surface area contributed by atoms with Gasteiger partial charge >= 0.3 is 17.8 Å². The molecule has 11 aromatic carbocycles. The first-order chi connectivity index (χ1) is 60.5. The number of aromatic nitrogens is 9. The predicted octanol–water partition coefficient (Wildman–Crippen LogP) is 22.5. The van der Waals surface area contributed by atoms with Gasteiger partial charge in [-0.25, -0.2) is 79.0 Å². The molecule has 0 saturated carbocycles. The minimum atomic E-state index is -5.09. The monoisotopic (exact) mass is 2090 g/mol. The van der Waals surface area contributed by atoms with Crippen LogP contribution in [0.2, 0.25) is 5.15 Å². The maximum absolute atomic E-state index is 14.2. The molecule has 0 aliphatic rings. The van der Waals surface area contributed by atoms with E-state index in [1.54, 1.807) is 54.2 Å². The zero-order valence-electron chi connectivity index (χ0n) is 65.3. The van der Waals surface area contributed by atoms with Gasteiger partial charge in [-0.05, 0) is 202 Å². The molecule has 1 radical (unpaired) electrons. The maximum Gasteiger partial charge on any atom is 0.569 e. The van der Waals surface area contributed by atoms with E-state index in [1.165, 1.54) is 116 Å². The average molecular weight is 2100 g/mol. The van der Waals surface area contributed by atoms with Crippen molar-refractivity contribution in [2.75, 3.05) is 35.5 Å². The van der Waals surface area contributed by atoms with Crippen LogP contribution in [0.4, 0.5) is 39.5 Å². The van der Waals surface area contributed by atoms with Gasteiger partial charge in [0.15, 0.2) is 15.6 Å². The molecule has 0 unspecified atom stereocenters. The summed E-state index contributed by atoms with van der Waals surface area (Å²) >= 11 is 23.1. The minimum absolute atomic E-state index is 0.0255. The van der Waals surface area contributed by atoms with Gasteiger partial charge in [-0.1, -0.05) is 72.3 Å². The van der Waals surface area contributed by atoms with Crippen molar-refractivity contribution < 1.29 is 94.3 Å². The molecule has 41 heteroatoms. The second-order valence-electron chi connectivity index (χ2n) is 25.3. The molecule has 0 aliphatic heterocycles. The van der Waals surface area contributed by atoms with Crippen molar-refractivity contribution in [3.05, 3.63) is 311 Å². The summed E-state index contributed by atoms with van der Waals surface area (Å²) in [6, 6.07) is 53.1. The van der Waals surface area contributed by atoms with Crippen molar-refractivity contribution in [3.63, 3.8) is 0 Å². The third-order valence-corrected chi connectivity index (χ3v) is 25.9. The summed E-state index contributed by atoms with van der Waals surface area (Å²) in [5.41, 5.74) is 7.67. The average Bonchev–Trinajstić information content (AvgIpc) is 0.772. The minimum Gasteiger partial charge on any atom is -0.535 e.